The van der Waals surface area contributed by atoms with E-state index < -0.39 is 0 Å². The van der Waals surface area contributed by atoms with Gasteiger partial charge in [0, 0.05) is 23.0 Å². The van der Waals surface area contributed by atoms with Crippen molar-refractivity contribution in [3.05, 3.63) is 22.9 Å². The van der Waals surface area contributed by atoms with Crippen LogP contribution in [0.2, 0.25) is 0 Å². The molecule has 1 saturated carbocycles. The fourth-order valence-electron chi connectivity index (χ4n) is 5.72. The summed E-state index contributed by atoms with van der Waals surface area (Å²) in [5, 5.41) is 7.12. The molecule has 0 spiro atoms. The second kappa shape index (κ2) is 11.3. The molecule has 1 amide bonds. The summed E-state index contributed by atoms with van der Waals surface area (Å²) in [7, 11) is 0. The molecule has 0 bridgehead atoms. The Hall–Kier alpha value is -1.58. The van der Waals surface area contributed by atoms with E-state index in [0.717, 1.165) is 50.5 Å². The summed E-state index contributed by atoms with van der Waals surface area (Å²) in [6.45, 7) is 8.77. The molecule has 2 N–H and O–H groups in total. The average Bonchev–Trinajstić information content (AvgIpc) is 2.77. The van der Waals surface area contributed by atoms with Gasteiger partial charge in [0.15, 0.2) is 0 Å². The van der Waals surface area contributed by atoms with E-state index in [1.54, 1.807) is 0 Å². The van der Waals surface area contributed by atoms with Crippen LogP contribution >= 0.6 is 0 Å². The Labute approximate surface area is 190 Å². The molecule has 0 aromatic heterocycles. The predicted molar refractivity (Wildman–Crippen MR) is 131 cm³/mol. The maximum absolute atomic E-state index is 13.2. The van der Waals surface area contributed by atoms with Gasteiger partial charge in [-0.2, -0.15) is 0 Å². The van der Waals surface area contributed by atoms with Gasteiger partial charge in [0.25, 0.3) is 0 Å². The topological polar surface area (TPSA) is 53.5 Å². The van der Waals surface area contributed by atoms with Gasteiger partial charge in [-0.05, 0) is 90.4 Å². The summed E-state index contributed by atoms with van der Waals surface area (Å²) in [6.07, 6.45) is 19.4. The van der Waals surface area contributed by atoms with E-state index in [1.807, 2.05) is 0 Å². The maximum Gasteiger partial charge on any atom is 0.247 e. The van der Waals surface area contributed by atoms with E-state index in [4.69, 9.17) is 4.99 Å². The van der Waals surface area contributed by atoms with Gasteiger partial charge < -0.3 is 10.6 Å². The number of nitrogens with one attached hydrogen (secondary N) is 2. The number of nitrogens with zero attached hydrogens (tertiary/aromatic N) is 1. The lowest BCUT2D eigenvalue weighted by molar-refractivity contribution is -0.120. The third-order valence-corrected chi connectivity index (χ3v) is 7.90. The van der Waals surface area contributed by atoms with Gasteiger partial charge in [-0.3, -0.25) is 9.79 Å². The number of carbonyl (C=O) groups is 1. The minimum Gasteiger partial charge on any atom is -0.367 e. The van der Waals surface area contributed by atoms with E-state index in [0.29, 0.717) is 11.8 Å². The molecule has 174 valence electrons. The van der Waals surface area contributed by atoms with Gasteiger partial charge in [-0.15, -0.1) is 0 Å². The molecular formula is C27H45N3O. The van der Waals surface area contributed by atoms with E-state index in [9.17, 15) is 4.79 Å². The summed E-state index contributed by atoms with van der Waals surface area (Å²) >= 11 is 0. The van der Waals surface area contributed by atoms with Crippen molar-refractivity contribution in [2.45, 2.75) is 123 Å². The third kappa shape index (κ3) is 6.70. The lowest BCUT2D eigenvalue weighted by atomic mass is 9.73. The molecule has 4 heteroatoms. The Balaban J connectivity index is 1.58. The van der Waals surface area contributed by atoms with Gasteiger partial charge in [-0.1, -0.05) is 44.3 Å². The zero-order valence-corrected chi connectivity index (χ0v) is 20.4. The number of hydrogen-bond acceptors (Lipinski definition) is 3. The number of amides is 1. The molecule has 3 unspecified atom stereocenters. The van der Waals surface area contributed by atoms with Crippen LogP contribution in [0, 0.1) is 11.8 Å². The van der Waals surface area contributed by atoms with Crippen LogP contribution < -0.4 is 10.6 Å². The molecule has 3 atom stereocenters. The van der Waals surface area contributed by atoms with Crippen LogP contribution in [0.25, 0.3) is 0 Å². The van der Waals surface area contributed by atoms with Crippen molar-refractivity contribution in [2.24, 2.45) is 16.8 Å². The number of aliphatic imine (C=N–C) groups is 1. The van der Waals surface area contributed by atoms with Gasteiger partial charge >= 0.3 is 0 Å². The summed E-state index contributed by atoms with van der Waals surface area (Å²) < 4.78 is 0. The van der Waals surface area contributed by atoms with Crippen molar-refractivity contribution in [1.82, 2.24) is 10.6 Å². The van der Waals surface area contributed by atoms with Crippen LogP contribution in [0.1, 0.15) is 111 Å². The smallest absolute Gasteiger partial charge is 0.247 e. The minimum absolute atomic E-state index is 0.0105. The molecule has 1 aliphatic heterocycles. The zero-order chi connectivity index (χ0) is 22.3. The van der Waals surface area contributed by atoms with Crippen LogP contribution in [-0.2, 0) is 4.79 Å². The highest BCUT2D eigenvalue weighted by molar-refractivity contribution is 5.94. The highest BCUT2D eigenvalue weighted by Crippen LogP contribution is 2.39. The Morgan fingerprint density at radius 3 is 2.74 bits per heavy atom. The van der Waals surface area contributed by atoms with Crippen molar-refractivity contribution < 1.29 is 4.79 Å². The first-order valence-corrected chi connectivity index (χ1v) is 12.9. The monoisotopic (exact) mass is 427 g/mol. The average molecular weight is 428 g/mol. The van der Waals surface area contributed by atoms with Gasteiger partial charge in [0.1, 0.15) is 6.17 Å². The predicted octanol–water partition coefficient (Wildman–Crippen LogP) is 6.43. The largest absolute Gasteiger partial charge is 0.367 e. The van der Waals surface area contributed by atoms with Crippen LogP contribution in [0.3, 0.4) is 0 Å². The van der Waals surface area contributed by atoms with E-state index >= 15 is 0 Å². The summed E-state index contributed by atoms with van der Waals surface area (Å²) in [4.78, 5) is 18.0. The van der Waals surface area contributed by atoms with Gasteiger partial charge in [0.05, 0.1) is 0 Å². The fraction of sp³-hybridized carbons (Fsp3) is 0.778. The molecule has 0 saturated heterocycles. The second-order valence-electron chi connectivity index (χ2n) is 10.5. The minimum atomic E-state index is -0.0105. The van der Waals surface area contributed by atoms with Crippen LogP contribution in [-0.4, -0.2) is 23.8 Å². The Bertz CT molecular complexity index is 699. The van der Waals surface area contributed by atoms with Crippen molar-refractivity contribution in [3.8, 4) is 0 Å². The SMILES string of the molecule is C/C=C(\CCCC)NC1CC(C2CCC(C)=C(C(=O)NC3(C)CCCCC3)C2)CC=N1. The highest BCUT2D eigenvalue weighted by Gasteiger charge is 2.34. The first-order valence-electron chi connectivity index (χ1n) is 12.9. The molecule has 0 aromatic rings. The Morgan fingerprint density at radius 1 is 1.26 bits per heavy atom. The molecule has 4 nitrogen and oxygen atoms in total. The van der Waals surface area contributed by atoms with E-state index in [1.165, 1.54) is 49.8 Å². The van der Waals surface area contributed by atoms with Crippen molar-refractivity contribution >= 4 is 12.1 Å². The summed E-state index contributed by atoms with van der Waals surface area (Å²) in [6, 6.07) is 0. The highest BCUT2D eigenvalue weighted by atomic mass is 16.1. The standard InChI is InChI=1S/C27H45N3O/c1-5-7-11-23(6-2)29-25-19-22(14-17-28-25)21-13-12-20(3)24(18-21)26(31)30-27(4)15-9-8-10-16-27/h6,17,21-22,25,29H,5,7-16,18-19H2,1-4H3,(H,30,31)/b23-6+. The van der Waals surface area contributed by atoms with Crippen molar-refractivity contribution in [2.75, 3.05) is 0 Å². The van der Waals surface area contributed by atoms with Crippen molar-refractivity contribution in [1.29, 1.82) is 0 Å². The lowest BCUT2D eigenvalue weighted by Crippen LogP contribution is -2.48. The first-order chi connectivity index (χ1) is 14.9. The molecular weight excluding hydrogens is 382 g/mol. The third-order valence-electron chi connectivity index (χ3n) is 7.90. The molecule has 2 aliphatic carbocycles. The molecule has 0 aromatic carbocycles. The Kier molecular flexibility index (Phi) is 8.80. The van der Waals surface area contributed by atoms with Crippen LogP contribution in [0.15, 0.2) is 27.9 Å². The summed E-state index contributed by atoms with van der Waals surface area (Å²) in [5.74, 6) is 1.41. The molecule has 1 heterocycles. The van der Waals surface area contributed by atoms with E-state index in [-0.39, 0.29) is 17.6 Å². The molecule has 3 aliphatic rings. The van der Waals surface area contributed by atoms with Gasteiger partial charge in [0.2, 0.25) is 5.91 Å². The number of carbonyl (C=O) groups excluding carboxylic acids is 1. The number of allylic oxidation sites excluding steroid dienone is 3. The zero-order valence-electron chi connectivity index (χ0n) is 20.4. The molecule has 3 rings (SSSR count). The molecule has 0 radical (unpaired) electrons. The number of unbranched alkanes of at least 4 members (excludes halogenated alkanes) is 1. The quantitative estimate of drug-likeness (QED) is 0.469. The molecule has 1 fully saturated rings. The van der Waals surface area contributed by atoms with Crippen LogP contribution in [0.5, 0.6) is 0 Å². The van der Waals surface area contributed by atoms with Crippen molar-refractivity contribution in [3.63, 3.8) is 0 Å². The lowest BCUT2D eigenvalue weighted by Gasteiger charge is -2.38. The van der Waals surface area contributed by atoms with Gasteiger partial charge in [-0.25, -0.2) is 0 Å². The molecule has 31 heavy (non-hydrogen) atoms. The van der Waals surface area contributed by atoms with Crippen LogP contribution in [0.4, 0.5) is 0 Å². The first kappa shape index (κ1) is 24.1. The van der Waals surface area contributed by atoms with E-state index in [2.05, 4.69) is 50.6 Å². The second-order valence-corrected chi connectivity index (χ2v) is 10.5. The number of rotatable bonds is 8. The Morgan fingerprint density at radius 2 is 2.03 bits per heavy atom. The fourth-order valence-corrected chi connectivity index (χ4v) is 5.72. The summed E-state index contributed by atoms with van der Waals surface area (Å²) in [5.41, 5.74) is 3.70. The maximum atomic E-state index is 13.2. The normalized spacial score (nSPS) is 29.0. The number of hydrogen-bond donors (Lipinski definition) is 2.